The van der Waals surface area contributed by atoms with Crippen molar-refractivity contribution in [2.75, 3.05) is 32.6 Å². The van der Waals surface area contributed by atoms with Crippen molar-refractivity contribution in [1.29, 1.82) is 0 Å². The van der Waals surface area contributed by atoms with Crippen LogP contribution >= 0.6 is 0 Å². The number of nitrogens with one attached hydrogen (secondary N) is 3. The van der Waals surface area contributed by atoms with E-state index in [4.69, 9.17) is 9.72 Å². The van der Waals surface area contributed by atoms with Crippen LogP contribution in [0.4, 0.5) is 10.1 Å². The number of likely N-dealkylation sites (N-methyl/N-ethyl adjacent to an activating group) is 1. The monoisotopic (exact) mass is 564 g/mol. The maximum atomic E-state index is 14.6. The lowest BCUT2D eigenvalue weighted by Crippen LogP contribution is -2.19. The number of pyridine rings is 3. The van der Waals surface area contributed by atoms with Gasteiger partial charge in [0.05, 0.1) is 28.8 Å². The second-order valence-electron chi connectivity index (χ2n) is 10.2. The van der Waals surface area contributed by atoms with Crippen LogP contribution in [0.1, 0.15) is 13.3 Å². The van der Waals surface area contributed by atoms with Gasteiger partial charge in [-0.05, 0) is 67.7 Å². The van der Waals surface area contributed by atoms with Gasteiger partial charge in [-0.3, -0.25) is 14.9 Å². The summed E-state index contributed by atoms with van der Waals surface area (Å²) in [7, 11) is 3.92. The summed E-state index contributed by atoms with van der Waals surface area (Å²) >= 11 is 0. The van der Waals surface area contributed by atoms with Crippen LogP contribution in [0.2, 0.25) is 0 Å². The number of fused-ring (bicyclic) bond motifs is 2. The number of aromatic amines is 2. The molecule has 1 amide bonds. The van der Waals surface area contributed by atoms with Gasteiger partial charge < -0.3 is 19.9 Å². The molecule has 0 fully saturated rings. The molecule has 0 atom stereocenters. The summed E-state index contributed by atoms with van der Waals surface area (Å²) in [5.41, 5.74) is 6.92. The fourth-order valence-corrected chi connectivity index (χ4v) is 4.70. The van der Waals surface area contributed by atoms with Gasteiger partial charge in [-0.2, -0.15) is 5.10 Å². The van der Waals surface area contributed by atoms with Crippen molar-refractivity contribution in [3.05, 3.63) is 72.9 Å². The number of aromatic nitrogens is 6. The summed E-state index contributed by atoms with van der Waals surface area (Å²) in [5, 5.41) is 11.2. The molecule has 3 N–H and O–H groups in total. The molecule has 212 valence electrons. The molecule has 6 aromatic rings. The number of hydrogen-bond acceptors (Lipinski definition) is 7. The number of carbonyl (C=O) groups is 1. The Balaban J connectivity index is 1.36. The number of carbonyl (C=O) groups excluding carboxylic acids is 1. The number of halogens is 1. The molecule has 6 rings (SSSR count). The van der Waals surface area contributed by atoms with E-state index in [-0.39, 0.29) is 11.7 Å². The summed E-state index contributed by atoms with van der Waals surface area (Å²) in [6.07, 6.45) is 5.36. The van der Waals surface area contributed by atoms with Gasteiger partial charge in [0.2, 0.25) is 5.91 Å². The summed E-state index contributed by atoms with van der Waals surface area (Å²) in [4.78, 5) is 30.9. The topological polar surface area (TPSA) is 125 Å². The zero-order valence-electron chi connectivity index (χ0n) is 23.4. The van der Waals surface area contributed by atoms with E-state index in [0.29, 0.717) is 58.3 Å². The Morgan fingerprint density at radius 3 is 2.79 bits per heavy atom. The summed E-state index contributed by atoms with van der Waals surface area (Å²) in [6, 6.07) is 14.1. The lowest BCUT2D eigenvalue weighted by Gasteiger charge is -2.12. The van der Waals surface area contributed by atoms with Crippen molar-refractivity contribution in [2.45, 2.75) is 13.3 Å². The molecule has 0 aliphatic carbocycles. The molecule has 0 aliphatic heterocycles. The molecular formula is C31H29FN8O2. The van der Waals surface area contributed by atoms with E-state index in [2.05, 4.69) is 30.5 Å². The highest BCUT2D eigenvalue weighted by atomic mass is 19.1. The second kappa shape index (κ2) is 11.4. The van der Waals surface area contributed by atoms with Crippen LogP contribution < -0.4 is 10.1 Å². The van der Waals surface area contributed by atoms with E-state index < -0.39 is 0 Å². The fourth-order valence-electron chi connectivity index (χ4n) is 4.70. The van der Waals surface area contributed by atoms with Gasteiger partial charge in [-0.1, -0.05) is 6.92 Å². The van der Waals surface area contributed by atoms with E-state index in [1.807, 2.05) is 55.4 Å². The van der Waals surface area contributed by atoms with Crippen molar-refractivity contribution in [3.8, 4) is 39.5 Å². The highest BCUT2D eigenvalue weighted by molar-refractivity contribution is 5.99. The molecule has 0 unspecified atom stereocenters. The zero-order valence-corrected chi connectivity index (χ0v) is 23.4. The Hall–Kier alpha value is -5.16. The Bertz CT molecular complexity index is 1910. The first-order chi connectivity index (χ1) is 20.4. The highest BCUT2D eigenvalue weighted by Gasteiger charge is 2.17. The summed E-state index contributed by atoms with van der Waals surface area (Å²) in [5.74, 6) is -0.000996. The van der Waals surface area contributed by atoms with Gasteiger partial charge in [0.25, 0.3) is 0 Å². The van der Waals surface area contributed by atoms with Gasteiger partial charge in [0.15, 0.2) is 0 Å². The van der Waals surface area contributed by atoms with Gasteiger partial charge in [0, 0.05) is 42.4 Å². The molecule has 5 heterocycles. The van der Waals surface area contributed by atoms with Crippen LogP contribution in [0.3, 0.4) is 0 Å². The lowest BCUT2D eigenvalue weighted by molar-refractivity contribution is -0.115. The quantitative estimate of drug-likeness (QED) is 0.207. The van der Waals surface area contributed by atoms with Crippen molar-refractivity contribution in [2.24, 2.45) is 0 Å². The van der Waals surface area contributed by atoms with Crippen molar-refractivity contribution in [1.82, 2.24) is 35.0 Å². The Morgan fingerprint density at radius 2 is 1.95 bits per heavy atom. The number of H-pyrrole nitrogens is 2. The van der Waals surface area contributed by atoms with Crippen molar-refractivity contribution >= 4 is 33.7 Å². The van der Waals surface area contributed by atoms with E-state index in [0.717, 1.165) is 28.6 Å². The normalized spacial score (nSPS) is 11.5. The largest absolute Gasteiger partial charge is 0.492 e. The number of anilines is 1. The smallest absolute Gasteiger partial charge is 0.224 e. The first-order valence-electron chi connectivity index (χ1n) is 13.5. The molecule has 11 heteroatoms. The first kappa shape index (κ1) is 27.0. The van der Waals surface area contributed by atoms with E-state index >= 15 is 0 Å². The van der Waals surface area contributed by atoms with Gasteiger partial charge in [-0.25, -0.2) is 14.4 Å². The Labute approximate surface area is 241 Å². The molecule has 0 aliphatic rings. The van der Waals surface area contributed by atoms with Crippen molar-refractivity contribution in [3.63, 3.8) is 0 Å². The third-order valence-electron chi connectivity index (χ3n) is 6.82. The van der Waals surface area contributed by atoms with Crippen molar-refractivity contribution < 1.29 is 13.9 Å². The molecule has 0 saturated heterocycles. The molecule has 5 aromatic heterocycles. The molecule has 0 radical (unpaired) electrons. The van der Waals surface area contributed by atoms with Gasteiger partial charge >= 0.3 is 0 Å². The lowest BCUT2D eigenvalue weighted by atomic mass is 10.0. The maximum Gasteiger partial charge on any atom is 0.224 e. The summed E-state index contributed by atoms with van der Waals surface area (Å²) in [6.45, 7) is 2.96. The van der Waals surface area contributed by atoms with E-state index in [1.54, 1.807) is 25.5 Å². The molecule has 0 spiro atoms. The number of ether oxygens (including phenoxy) is 1. The highest BCUT2D eigenvalue weighted by Crippen LogP contribution is 2.35. The SMILES string of the molecule is CCC(=O)Nc1cncc(-c2ccc3[nH]nc(-c4cc5c(-c6cc(F)cc(OCCN(C)C)c6)ccnc5[nH]4)c3n2)c1. The average molecular weight is 565 g/mol. The molecule has 0 saturated carbocycles. The predicted octanol–water partition coefficient (Wildman–Crippen LogP) is 5.66. The Morgan fingerprint density at radius 1 is 1.07 bits per heavy atom. The first-order valence-corrected chi connectivity index (χ1v) is 13.5. The standard InChI is InChI=1S/C31H29FN8O2/c1-4-28(41)35-21-12-19(16-33-17-21)25-5-6-26-29(36-25)30(39-38-26)27-15-24-23(7-8-34-31(24)37-27)18-11-20(32)14-22(13-18)42-10-9-40(2)3/h5-8,11-17H,4,9-10H2,1-3H3,(H,34,37)(H,35,41)(H,38,39). The molecule has 10 nitrogen and oxygen atoms in total. The van der Waals surface area contributed by atoms with Gasteiger partial charge in [0.1, 0.15) is 35.0 Å². The molecule has 42 heavy (non-hydrogen) atoms. The van der Waals surface area contributed by atoms with Crippen LogP contribution in [0, 0.1) is 5.82 Å². The number of rotatable bonds is 9. The van der Waals surface area contributed by atoms with Crippen LogP contribution in [0.15, 0.2) is 67.1 Å². The molecular weight excluding hydrogens is 535 g/mol. The molecule has 0 bridgehead atoms. The number of benzene rings is 1. The minimum atomic E-state index is -0.379. The third kappa shape index (κ3) is 5.54. The minimum Gasteiger partial charge on any atom is -0.492 e. The fraction of sp³-hybridized carbons (Fsp3) is 0.194. The van der Waals surface area contributed by atoms with E-state index in [1.165, 1.54) is 12.1 Å². The van der Waals surface area contributed by atoms with E-state index in [9.17, 15) is 9.18 Å². The van der Waals surface area contributed by atoms with Crippen LogP contribution in [-0.4, -0.2) is 68.2 Å². The van der Waals surface area contributed by atoms with Crippen LogP contribution in [-0.2, 0) is 4.79 Å². The minimum absolute atomic E-state index is 0.0902. The summed E-state index contributed by atoms with van der Waals surface area (Å²) < 4.78 is 20.4. The molecule has 1 aromatic carbocycles. The Kier molecular flexibility index (Phi) is 7.32. The number of hydrogen-bond donors (Lipinski definition) is 3. The second-order valence-corrected chi connectivity index (χ2v) is 10.2. The van der Waals surface area contributed by atoms with Crippen LogP contribution in [0.5, 0.6) is 5.75 Å². The number of nitrogens with zero attached hydrogens (tertiary/aromatic N) is 5. The maximum absolute atomic E-state index is 14.6. The number of amides is 1. The third-order valence-corrected chi connectivity index (χ3v) is 6.82. The van der Waals surface area contributed by atoms with Gasteiger partial charge in [-0.15, -0.1) is 0 Å². The average Bonchev–Trinajstić information content (AvgIpc) is 3.60. The van der Waals surface area contributed by atoms with Crippen LogP contribution in [0.25, 0.3) is 55.8 Å². The predicted molar refractivity (Wildman–Crippen MR) is 161 cm³/mol. The zero-order chi connectivity index (χ0) is 29.2.